The number of fused-ring (bicyclic) bond motifs is 1. The zero-order valence-corrected chi connectivity index (χ0v) is 8.80. The zero-order chi connectivity index (χ0) is 11.1. The molecule has 3 nitrogen and oxygen atoms in total. The molecule has 1 unspecified atom stereocenters. The lowest BCUT2D eigenvalue weighted by atomic mass is 10.1. The molecular formula is C10H11FO3S. The standard InChI is InChI=1S/C10H11FO3S/c11-7-15(13,14)10(12)6-5-8-3-1-2-4-9(8)10/h1-4,12H,5-7H2. The van der Waals surface area contributed by atoms with Gasteiger partial charge in [0.2, 0.25) is 9.84 Å². The van der Waals surface area contributed by atoms with Crippen molar-refractivity contribution in [3.8, 4) is 0 Å². The van der Waals surface area contributed by atoms with Crippen LogP contribution in [0.4, 0.5) is 4.39 Å². The van der Waals surface area contributed by atoms with E-state index in [4.69, 9.17) is 0 Å². The second-order valence-corrected chi connectivity index (χ2v) is 5.79. The molecule has 0 aromatic heterocycles. The molecule has 1 atom stereocenters. The van der Waals surface area contributed by atoms with Crippen molar-refractivity contribution in [2.45, 2.75) is 17.8 Å². The van der Waals surface area contributed by atoms with Gasteiger partial charge in [-0.1, -0.05) is 24.3 Å². The molecule has 0 saturated carbocycles. The van der Waals surface area contributed by atoms with Crippen LogP contribution in [0.5, 0.6) is 0 Å². The van der Waals surface area contributed by atoms with Crippen molar-refractivity contribution in [2.75, 3.05) is 6.01 Å². The molecule has 15 heavy (non-hydrogen) atoms. The van der Waals surface area contributed by atoms with Gasteiger partial charge < -0.3 is 5.11 Å². The Bertz CT molecular complexity index is 483. The lowest BCUT2D eigenvalue weighted by molar-refractivity contribution is 0.124. The molecule has 0 heterocycles. The number of benzene rings is 1. The third-order valence-electron chi connectivity index (χ3n) is 2.83. The Hall–Kier alpha value is -0.940. The first-order valence-electron chi connectivity index (χ1n) is 4.60. The summed E-state index contributed by atoms with van der Waals surface area (Å²) >= 11 is 0. The normalized spacial score (nSPS) is 25.2. The molecule has 1 aromatic carbocycles. The summed E-state index contributed by atoms with van der Waals surface area (Å²) in [6.45, 7) is 0. The van der Waals surface area contributed by atoms with Gasteiger partial charge >= 0.3 is 0 Å². The molecule has 0 amide bonds. The molecule has 0 bridgehead atoms. The molecule has 1 aliphatic carbocycles. The number of halogens is 1. The number of aliphatic hydroxyl groups is 1. The fraction of sp³-hybridized carbons (Fsp3) is 0.400. The highest BCUT2D eigenvalue weighted by molar-refractivity contribution is 7.92. The highest BCUT2D eigenvalue weighted by Gasteiger charge is 2.47. The Morgan fingerprint density at radius 3 is 2.73 bits per heavy atom. The lowest BCUT2D eigenvalue weighted by Crippen LogP contribution is -2.34. The number of sulfone groups is 1. The molecule has 0 saturated heterocycles. The van der Waals surface area contributed by atoms with Gasteiger partial charge in [-0.3, -0.25) is 0 Å². The Balaban J connectivity index is 2.60. The van der Waals surface area contributed by atoms with Gasteiger partial charge in [-0.2, -0.15) is 0 Å². The Morgan fingerprint density at radius 2 is 2.07 bits per heavy atom. The quantitative estimate of drug-likeness (QED) is 0.828. The molecular weight excluding hydrogens is 219 g/mol. The molecule has 0 radical (unpaired) electrons. The number of aryl methyl sites for hydroxylation is 1. The average molecular weight is 230 g/mol. The minimum absolute atomic E-state index is 0.0403. The van der Waals surface area contributed by atoms with E-state index < -0.39 is 20.8 Å². The minimum atomic E-state index is -4.12. The summed E-state index contributed by atoms with van der Waals surface area (Å²) in [6, 6.07) is 5.17. The maximum atomic E-state index is 12.4. The van der Waals surface area contributed by atoms with Crippen LogP contribution in [0, 0.1) is 0 Å². The summed E-state index contributed by atoms with van der Waals surface area (Å²) in [5.41, 5.74) is 1.10. The maximum absolute atomic E-state index is 12.4. The van der Waals surface area contributed by atoms with E-state index in [0.717, 1.165) is 5.56 Å². The smallest absolute Gasteiger partial charge is 0.213 e. The van der Waals surface area contributed by atoms with Gasteiger partial charge in [-0.05, 0) is 18.4 Å². The first-order chi connectivity index (χ1) is 7.01. The van der Waals surface area contributed by atoms with Gasteiger partial charge in [0.1, 0.15) is 0 Å². The Labute approximate surface area is 87.5 Å². The van der Waals surface area contributed by atoms with Crippen LogP contribution in [0.3, 0.4) is 0 Å². The van der Waals surface area contributed by atoms with Crippen molar-refractivity contribution in [1.82, 2.24) is 0 Å². The molecule has 0 fully saturated rings. The van der Waals surface area contributed by atoms with E-state index in [2.05, 4.69) is 0 Å². The van der Waals surface area contributed by atoms with Gasteiger partial charge in [0.15, 0.2) is 10.9 Å². The Kier molecular flexibility index (Phi) is 2.31. The molecule has 2 rings (SSSR count). The molecule has 1 N–H and O–H groups in total. The minimum Gasteiger partial charge on any atom is -0.371 e. The largest absolute Gasteiger partial charge is 0.371 e. The van der Waals surface area contributed by atoms with E-state index in [-0.39, 0.29) is 6.42 Å². The van der Waals surface area contributed by atoms with Crippen LogP contribution in [0.2, 0.25) is 0 Å². The molecule has 1 aliphatic rings. The lowest BCUT2D eigenvalue weighted by Gasteiger charge is -2.22. The van der Waals surface area contributed by atoms with Gasteiger partial charge in [-0.15, -0.1) is 0 Å². The van der Waals surface area contributed by atoms with Crippen molar-refractivity contribution < 1.29 is 17.9 Å². The van der Waals surface area contributed by atoms with E-state index in [1.165, 1.54) is 6.07 Å². The summed E-state index contributed by atoms with van der Waals surface area (Å²) in [4.78, 5) is -2.03. The summed E-state index contributed by atoms with van der Waals surface area (Å²) in [6.07, 6.45) is 0.504. The van der Waals surface area contributed by atoms with Crippen LogP contribution < -0.4 is 0 Å². The number of hydrogen-bond donors (Lipinski definition) is 1. The molecule has 82 valence electrons. The van der Waals surface area contributed by atoms with E-state index >= 15 is 0 Å². The van der Waals surface area contributed by atoms with Gasteiger partial charge in [0, 0.05) is 5.56 Å². The van der Waals surface area contributed by atoms with E-state index in [1.54, 1.807) is 18.2 Å². The second kappa shape index (κ2) is 3.28. The van der Waals surface area contributed by atoms with Crippen molar-refractivity contribution in [2.24, 2.45) is 0 Å². The predicted octanol–water partition coefficient (Wildman–Crippen LogP) is 1.12. The van der Waals surface area contributed by atoms with Crippen molar-refractivity contribution in [3.63, 3.8) is 0 Å². The first kappa shape index (κ1) is 10.6. The number of hydrogen-bond acceptors (Lipinski definition) is 3. The van der Waals surface area contributed by atoms with E-state index in [9.17, 15) is 17.9 Å². The predicted molar refractivity (Wildman–Crippen MR) is 53.6 cm³/mol. The average Bonchev–Trinajstić information content (AvgIpc) is 2.59. The first-order valence-corrected chi connectivity index (χ1v) is 6.25. The van der Waals surface area contributed by atoms with Crippen LogP contribution in [0.1, 0.15) is 17.5 Å². The van der Waals surface area contributed by atoms with Gasteiger partial charge in [0.05, 0.1) is 0 Å². The SMILES string of the molecule is O=S(=O)(CF)C1(O)CCc2ccccc21. The van der Waals surface area contributed by atoms with Crippen molar-refractivity contribution in [1.29, 1.82) is 0 Å². The second-order valence-electron chi connectivity index (χ2n) is 3.67. The van der Waals surface area contributed by atoms with E-state index in [0.29, 0.717) is 12.0 Å². The highest BCUT2D eigenvalue weighted by atomic mass is 32.2. The summed E-state index contributed by atoms with van der Waals surface area (Å²) in [7, 11) is -4.12. The molecule has 5 heteroatoms. The van der Waals surface area contributed by atoms with E-state index in [1.807, 2.05) is 0 Å². The Morgan fingerprint density at radius 1 is 1.40 bits per heavy atom. The van der Waals surface area contributed by atoms with Crippen LogP contribution in [0.25, 0.3) is 0 Å². The number of alkyl halides is 1. The fourth-order valence-electron chi connectivity index (χ4n) is 1.97. The van der Waals surface area contributed by atoms with Crippen LogP contribution in [0.15, 0.2) is 24.3 Å². The topological polar surface area (TPSA) is 54.4 Å². The van der Waals surface area contributed by atoms with Crippen molar-refractivity contribution in [3.05, 3.63) is 35.4 Å². The summed E-state index contributed by atoms with van der Waals surface area (Å²) < 4.78 is 35.3. The third kappa shape index (κ3) is 1.38. The number of rotatable bonds is 2. The fourth-order valence-corrected chi connectivity index (χ4v) is 3.10. The molecule has 0 spiro atoms. The zero-order valence-electron chi connectivity index (χ0n) is 7.98. The molecule has 1 aromatic rings. The van der Waals surface area contributed by atoms with Crippen LogP contribution in [-0.4, -0.2) is 19.5 Å². The monoisotopic (exact) mass is 230 g/mol. The molecule has 0 aliphatic heterocycles. The van der Waals surface area contributed by atoms with Crippen LogP contribution >= 0.6 is 0 Å². The van der Waals surface area contributed by atoms with Gasteiger partial charge in [0.25, 0.3) is 0 Å². The third-order valence-corrected chi connectivity index (χ3v) is 4.57. The summed E-state index contributed by atoms with van der Waals surface area (Å²) in [5.74, 6) is 0. The van der Waals surface area contributed by atoms with Gasteiger partial charge in [-0.25, -0.2) is 12.8 Å². The van der Waals surface area contributed by atoms with Crippen LogP contribution in [-0.2, 0) is 21.2 Å². The maximum Gasteiger partial charge on any atom is 0.213 e. The summed E-state index contributed by atoms with van der Waals surface area (Å²) in [5, 5.41) is 10.0. The van der Waals surface area contributed by atoms with Crippen molar-refractivity contribution >= 4 is 9.84 Å². The highest BCUT2D eigenvalue weighted by Crippen LogP contribution is 2.41.